The van der Waals surface area contributed by atoms with Crippen molar-refractivity contribution in [2.24, 2.45) is 0 Å². The Morgan fingerprint density at radius 2 is 2.60 bits per heavy atom. The van der Waals surface area contributed by atoms with E-state index in [4.69, 9.17) is 5.73 Å². The first-order valence-electron chi connectivity index (χ1n) is 2.53. The highest BCUT2D eigenvalue weighted by molar-refractivity contribution is 7.78. The fourth-order valence-corrected chi connectivity index (χ4v) is 1.05. The van der Waals surface area contributed by atoms with E-state index in [2.05, 4.69) is 10.2 Å². The maximum absolute atomic E-state index is 10.1. The van der Waals surface area contributed by atoms with Gasteiger partial charge in [0, 0.05) is 11.3 Å². The Morgan fingerprint density at radius 1 is 1.90 bits per heavy atom. The molecule has 6 heteroatoms. The number of aromatic amines is 1. The summed E-state index contributed by atoms with van der Waals surface area (Å²) in [7, 11) is 0. The van der Waals surface area contributed by atoms with Crippen molar-refractivity contribution in [3.8, 4) is 0 Å². The van der Waals surface area contributed by atoms with Gasteiger partial charge in [0.05, 0.1) is 6.20 Å². The third kappa shape index (κ3) is 1.55. The maximum atomic E-state index is 10.1. The van der Waals surface area contributed by atoms with Crippen LogP contribution < -0.4 is 5.73 Å². The monoisotopic (exact) mass is 160 g/mol. The van der Waals surface area contributed by atoms with Crippen LogP contribution in [0.2, 0.25) is 0 Å². The van der Waals surface area contributed by atoms with Gasteiger partial charge in [-0.15, -0.1) is 0 Å². The fraction of sp³-hybridized carbons (Fsp3) is 0.250. The Labute approximate surface area is 59.9 Å². The van der Waals surface area contributed by atoms with Gasteiger partial charge in [-0.25, -0.2) is 0 Å². The molecule has 0 amide bonds. The third-order valence-electron chi connectivity index (χ3n) is 1.02. The lowest BCUT2D eigenvalue weighted by Gasteiger charge is -2.01. The summed E-state index contributed by atoms with van der Waals surface area (Å²) in [6, 6.07) is 0. The van der Waals surface area contributed by atoms with Crippen molar-refractivity contribution >= 4 is 16.9 Å². The quantitative estimate of drug-likeness (QED) is 0.563. The van der Waals surface area contributed by atoms with Crippen molar-refractivity contribution < 1.29 is 8.76 Å². The van der Waals surface area contributed by atoms with E-state index in [1.54, 1.807) is 0 Å². The van der Waals surface area contributed by atoms with Gasteiger partial charge in [-0.3, -0.25) is 9.31 Å². The van der Waals surface area contributed by atoms with Gasteiger partial charge in [-0.1, -0.05) is 11.1 Å². The van der Waals surface area contributed by atoms with Crippen LogP contribution in [0, 0.1) is 0 Å². The molecule has 3 N–H and O–H groups in total. The number of H-pyrrole nitrogens is 1. The van der Waals surface area contributed by atoms with Gasteiger partial charge in [-0.05, 0) is 0 Å². The summed E-state index contributed by atoms with van der Waals surface area (Å²) in [4.78, 5) is 0. The van der Waals surface area contributed by atoms with Crippen LogP contribution in [0.25, 0.3) is 0 Å². The highest BCUT2D eigenvalue weighted by Gasteiger charge is 1.98. The van der Waals surface area contributed by atoms with Crippen molar-refractivity contribution in [1.82, 2.24) is 10.2 Å². The molecule has 10 heavy (non-hydrogen) atoms. The van der Waals surface area contributed by atoms with Crippen molar-refractivity contribution in [3.63, 3.8) is 0 Å². The minimum Gasteiger partial charge on any atom is -0.772 e. The van der Waals surface area contributed by atoms with Crippen LogP contribution >= 0.6 is 0 Å². The number of rotatable bonds is 2. The summed E-state index contributed by atoms with van der Waals surface area (Å²) in [5.41, 5.74) is 5.81. The molecule has 1 aromatic rings. The van der Waals surface area contributed by atoms with E-state index in [0.29, 0.717) is 11.4 Å². The first kappa shape index (κ1) is 7.23. The standard InChI is InChI=1S/C4H7N3O2S/c5-4-3(1-6-7-4)2-10(8)9/h1H,2H2,(H,8,9)(H3,5,6,7)/p-1. The molecule has 1 atom stereocenters. The van der Waals surface area contributed by atoms with Gasteiger partial charge >= 0.3 is 0 Å². The molecule has 1 aromatic heterocycles. The molecule has 1 unspecified atom stereocenters. The molecule has 0 fully saturated rings. The zero-order valence-electron chi connectivity index (χ0n) is 5.03. The van der Waals surface area contributed by atoms with E-state index in [0.717, 1.165) is 0 Å². The second-order valence-electron chi connectivity index (χ2n) is 1.76. The molecule has 0 saturated carbocycles. The van der Waals surface area contributed by atoms with Crippen LogP contribution in [-0.2, 0) is 16.8 Å². The lowest BCUT2D eigenvalue weighted by atomic mass is 10.4. The van der Waals surface area contributed by atoms with E-state index in [9.17, 15) is 8.76 Å². The van der Waals surface area contributed by atoms with Gasteiger partial charge < -0.3 is 10.3 Å². The number of nitrogen functional groups attached to an aromatic ring is 1. The van der Waals surface area contributed by atoms with Crippen molar-refractivity contribution in [1.29, 1.82) is 0 Å². The second-order valence-corrected chi connectivity index (χ2v) is 2.65. The Kier molecular flexibility index (Phi) is 2.03. The Bertz CT molecular complexity index is 246. The Hall–Kier alpha value is -0.880. The highest BCUT2D eigenvalue weighted by atomic mass is 32.2. The maximum Gasteiger partial charge on any atom is 0.122 e. The zero-order valence-corrected chi connectivity index (χ0v) is 5.85. The summed E-state index contributed by atoms with van der Waals surface area (Å²) in [5, 5.41) is 5.98. The summed E-state index contributed by atoms with van der Waals surface area (Å²) in [6.45, 7) is 0. The third-order valence-corrected chi connectivity index (χ3v) is 1.57. The van der Waals surface area contributed by atoms with Crippen molar-refractivity contribution in [3.05, 3.63) is 11.8 Å². The van der Waals surface area contributed by atoms with Crippen molar-refractivity contribution in [2.75, 3.05) is 5.73 Å². The molecule has 0 aromatic carbocycles. The molecule has 1 rings (SSSR count). The van der Waals surface area contributed by atoms with E-state index in [-0.39, 0.29) is 5.75 Å². The van der Waals surface area contributed by atoms with E-state index in [1.807, 2.05) is 0 Å². The smallest absolute Gasteiger partial charge is 0.122 e. The zero-order chi connectivity index (χ0) is 7.56. The van der Waals surface area contributed by atoms with Crippen LogP contribution in [-0.4, -0.2) is 19.0 Å². The number of hydrogen-bond donors (Lipinski definition) is 2. The number of nitrogens with zero attached hydrogens (tertiary/aromatic N) is 1. The van der Waals surface area contributed by atoms with Crippen LogP contribution in [0.1, 0.15) is 5.56 Å². The van der Waals surface area contributed by atoms with Gasteiger partial charge in [-0.2, -0.15) is 5.10 Å². The predicted octanol–water partition coefficient (Wildman–Crippen LogP) is -0.629. The highest BCUT2D eigenvalue weighted by Crippen LogP contribution is 2.07. The topological polar surface area (TPSA) is 94.8 Å². The largest absolute Gasteiger partial charge is 0.772 e. The lowest BCUT2D eigenvalue weighted by molar-refractivity contribution is 0.536. The van der Waals surface area contributed by atoms with E-state index < -0.39 is 11.1 Å². The van der Waals surface area contributed by atoms with Crippen LogP contribution in [0.3, 0.4) is 0 Å². The van der Waals surface area contributed by atoms with Crippen LogP contribution in [0.4, 0.5) is 5.82 Å². The molecule has 0 spiro atoms. The number of aromatic nitrogens is 2. The first-order valence-corrected chi connectivity index (χ1v) is 3.78. The van der Waals surface area contributed by atoms with Gasteiger partial charge in [0.15, 0.2) is 0 Å². The second kappa shape index (κ2) is 2.80. The summed E-state index contributed by atoms with van der Waals surface area (Å²) in [6.07, 6.45) is 1.39. The van der Waals surface area contributed by atoms with E-state index in [1.165, 1.54) is 6.20 Å². The average molecular weight is 160 g/mol. The van der Waals surface area contributed by atoms with Crippen LogP contribution in [0.5, 0.6) is 0 Å². The predicted molar refractivity (Wildman–Crippen MR) is 35.6 cm³/mol. The number of nitrogens with one attached hydrogen (secondary N) is 1. The molecule has 0 aliphatic carbocycles. The number of anilines is 1. The molecule has 0 radical (unpaired) electrons. The van der Waals surface area contributed by atoms with Crippen LogP contribution in [0.15, 0.2) is 6.20 Å². The molecular formula is C4H6N3O2S-. The molecule has 0 bridgehead atoms. The van der Waals surface area contributed by atoms with Crippen molar-refractivity contribution in [2.45, 2.75) is 5.75 Å². The normalized spacial score (nSPS) is 13.3. The summed E-state index contributed by atoms with van der Waals surface area (Å²) < 4.78 is 20.2. The molecule has 0 aliphatic heterocycles. The average Bonchev–Trinajstić information content (AvgIpc) is 2.15. The molecule has 1 heterocycles. The Morgan fingerprint density at radius 3 is 3.00 bits per heavy atom. The minimum atomic E-state index is -2.10. The van der Waals surface area contributed by atoms with Gasteiger partial charge in [0.1, 0.15) is 5.82 Å². The molecule has 0 saturated heterocycles. The Balaban J connectivity index is 2.74. The lowest BCUT2D eigenvalue weighted by Crippen LogP contribution is -1.96. The number of nitrogens with two attached hydrogens (primary N) is 1. The summed E-state index contributed by atoms with van der Waals surface area (Å²) >= 11 is -2.10. The fourth-order valence-electron chi connectivity index (χ4n) is 0.563. The number of hydrogen-bond acceptors (Lipinski definition) is 4. The summed E-state index contributed by atoms with van der Waals surface area (Å²) in [5.74, 6) is 0.228. The first-order chi connectivity index (χ1) is 4.70. The minimum absolute atomic E-state index is 0.0810. The SMILES string of the molecule is Nc1[nH]ncc1CS(=O)[O-]. The molecule has 0 aliphatic rings. The molecular weight excluding hydrogens is 154 g/mol. The van der Waals surface area contributed by atoms with E-state index >= 15 is 0 Å². The van der Waals surface area contributed by atoms with Gasteiger partial charge in [0.25, 0.3) is 0 Å². The van der Waals surface area contributed by atoms with Gasteiger partial charge in [0.2, 0.25) is 0 Å². The molecule has 56 valence electrons. The molecule has 5 nitrogen and oxygen atoms in total.